The molecule has 0 aromatic rings. The second kappa shape index (κ2) is 4.33. The van der Waals surface area contributed by atoms with Crippen LogP contribution in [0.1, 0.15) is 0 Å². The predicted molar refractivity (Wildman–Crippen MR) is 44.3 cm³/mol. The van der Waals surface area contributed by atoms with E-state index in [1.165, 1.54) is 0 Å². The molecule has 0 aliphatic rings. The molecule has 0 heterocycles. The summed E-state index contributed by atoms with van der Waals surface area (Å²) in [5.41, 5.74) is 0. The molecule has 0 bridgehead atoms. The van der Waals surface area contributed by atoms with Crippen LogP contribution in [0.5, 0.6) is 0 Å². The zero-order valence-corrected chi connectivity index (χ0v) is 9.56. The number of hydrogen-bond donors (Lipinski definition) is 3. The van der Waals surface area contributed by atoms with Crippen molar-refractivity contribution >= 4 is 50.4 Å². The van der Waals surface area contributed by atoms with E-state index in [-0.39, 0.29) is 0 Å². The van der Waals surface area contributed by atoms with Gasteiger partial charge in [0.25, 0.3) is 0 Å². The highest BCUT2D eigenvalue weighted by molar-refractivity contribution is 7.60. The zero-order valence-electron chi connectivity index (χ0n) is 5.50. The summed E-state index contributed by atoms with van der Waals surface area (Å²) in [6.45, 7) is 0. The summed E-state index contributed by atoms with van der Waals surface area (Å²) in [5.74, 6) is 0. The summed E-state index contributed by atoms with van der Waals surface area (Å²) in [4.78, 5) is 24.7. The van der Waals surface area contributed by atoms with Crippen LogP contribution in [0.4, 0.5) is 0 Å². The van der Waals surface area contributed by atoms with Crippen molar-refractivity contribution in [2.45, 2.75) is 3.98 Å². The molecule has 0 aliphatic heterocycles. The molecule has 7 nitrogen and oxygen atoms in total. The van der Waals surface area contributed by atoms with E-state index < -0.39 is 19.6 Å². The van der Waals surface area contributed by atoms with E-state index in [4.69, 9.17) is 49.5 Å². The zero-order chi connectivity index (χ0) is 10.9. The van der Waals surface area contributed by atoms with Crippen molar-refractivity contribution in [2.75, 3.05) is 0 Å². The second-order valence-electron chi connectivity index (χ2n) is 1.58. The Balaban J connectivity index is 4.44. The number of rotatable bonds is 3. The van der Waals surface area contributed by atoms with E-state index in [1.807, 2.05) is 0 Å². The lowest BCUT2D eigenvalue weighted by Gasteiger charge is -2.16. The summed E-state index contributed by atoms with van der Waals surface area (Å²) in [6.07, 6.45) is 0. The molecule has 0 saturated carbocycles. The molecule has 1 unspecified atom stereocenters. The molecule has 0 fully saturated rings. The fourth-order valence-electron chi connectivity index (χ4n) is 0.282. The van der Waals surface area contributed by atoms with Gasteiger partial charge in [0.05, 0.1) is 0 Å². The smallest absolute Gasteiger partial charge is 0.302 e. The summed E-state index contributed by atoms with van der Waals surface area (Å²) in [5, 5.41) is 0. The van der Waals surface area contributed by atoms with Crippen molar-refractivity contribution in [3.8, 4) is 0 Å². The van der Waals surface area contributed by atoms with Gasteiger partial charge in [0, 0.05) is 0 Å². The Kier molecular flexibility index (Phi) is 4.70. The Labute approximate surface area is 87.4 Å². The third-order valence-corrected chi connectivity index (χ3v) is 3.16. The summed E-state index contributed by atoms with van der Waals surface area (Å²) in [6, 6.07) is 0. The Morgan fingerprint density at radius 3 is 1.69 bits per heavy atom. The Bertz CT molecular complexity index is 263. The van der Waals surface area contributed by atoms with Crippen LogP contribution in [0, 0.1) is 0 Å². The fraction of sp³-hybridized carbons (Fsp3) is 1.00. The van der Waals surface area contributed by atoms with E-state index in [1.54, 1.807) is 0 Å². The topological polar surface area (TPSA) is 113 Å². The molecule has 0 radical (unpaired) electrons. The number of halogens is 3. The summed E-state index contributed by atoms with van der Waals surface area (Å²) in [7, 11) is -10.3. The first-order chi connectivity index (χ1) is 5.41. The molecule has 1 atom stereocenters. The largest absolute Gasteiger partial charge is 0.484 e. The molecule has 0 spiro atoms. The normalized spacial score (nSPS) is 18.3. The minimum absolute atomic E-state index is 2.61. The van der Waals surface area contributed by atoms with E-state index >= 15 is 0 Å². The Morgan fingerprint density at radius 2 is 1.46 bits per heavy atom. The van der Waals surface area contributed by atoms with E-state index in [9.17, 15) is 9.13 Å². The molecule has 13 heavy (non-hydrogen) atoms. The highest BCUT2D eigenvalue weighted by atomic mass is 35.6. The Morgan fingerprint density at radius 1 is 1.08 bits per heavy atom. The molecule has 0 amide bonds. The molecule has 12 heteroatoms. The minimum atomic E-state index is -5.19. The van der Waals surface area contributed by atoms with Crippen molar-refractivity contribution in [3.63, 3.8) is 0 Å². The van der Waals surface area contributed by atoms with Crippen molar-refractivity contribution in [1.82, 2.24) is 0 Å². The highest BCUT2D eigenvalue weighted by Gasteiger charge is 2.39. The van der Waals surface area contributed by atoms with Crippen LogP contribution < -0.4 is 0 Å². The van der Waals surface area contributed by atoms with Gasteiger partial charge in [-0.05, 0) is 0 Å². The predicted octanol–water partition coefficient (Wildman–Crippen LogP) is 1.54. The third kappa shape index (κ3) is 9.43. The summed E-state index contributed by atoms with van der Waals surface area (Å²) >= 11 is 14.7. The van der Waals surface area contributed by atoms with Gasteiger partial charge >= 0.3 is 19.6 Å². The first-order valence-corrected chi connectivity index (χ1v) is 6.44. The van der Waals surface area contributed by atoms with E-state index in [0.717, 1.165) is 0 Å². The fourth-order valence-corrected chi connectivity index (χ4v) is 2.54. The molecule has 0 saturated heterocycles. The van der Waals surface area contributed by atoms with Crippen LogP contribution in [0.2, 0.25) is 0 Å². The van der Waals surface area contributed by atoms with Crippen LogP contribution in [-0.4, -0.2) is 18.7 Å². The lowest BCUT2D eigenvalue weighted by molar-refractivity contribution is 0.177. The molecular weight excluding hydrogens is 292 g/mol. The van der Waals surface area contributed by atoms with Gasteiger partial charge in [0.15, 0.2) is 0 Å². The van der Waals surface area contributed by atoms with Crippen molar-refractivity contribution in [1.29, 1.82) is 0 Å². The summed E-state index contributed by atoms with van der Waals surface area (Å²) < 4.78 is 25.1. The minimum Gasteiger partial charge on any atom is -0.302 e. The lowest BCUT2D eigenvalue weighted by Crippen LogP contribution is -2.07. The van der Waals surface area contributed by atoms with Gasteiger partial charge in [0.2, 0.25) is 0 Å². The second-order valence-corrected chi connectivity index (χ2v) is 6.51. The number of phosphoric acid groups is 2. The van der Waals surface area contributed by atoms with Crippen LogP contribution in [0.15, 0.2) is 0 Å². The Hall–Kier alpha value is 1.13. The van der Waals surface area contributed by atoms with E-state index in [2.05, 4.69) is 8.83 Å². The molecule has 0 aromatic heterocycles. The van der Waals surface area contributed by atoms with Crippen LogP contribution in [0.25, 0.3) is 0 Å². The van der Waals surface area contributed by atoms with Gasteiger partial charge in [-0.25, -0.2) is 13.7 Å². The average molecular weight is 295 g/mol. The van der Waals surface area contributed by atoms with Crippen molar-refractivity contribution in [2.24, 2.45) is 0 Å². The van der Waals surface area contributed by atoms with Crippen molar-refractivity contribution in [3.05, 3.63) is 0 Å². The van der Waals surface area contributed by atoms with Gasteiger partial charge < -0.3 is 14.7 Å². The molecule has 80 valence electrons. The first-order valence-electron chi connectivity index (χ1n) is 2.28. The van der Waals surface area contributed by atoms with Gasteiger partial charge in [-0.1, -0.05) is 34.8 Å². The number of phosphoric ester groups is 1. The standard InChI is InChI=1S/CH3Cl3O7P2/c2-1(3,4)10-13(8,9)11-12(5,6)7/h(H,8,9)(H2,5,6,7). The van der Waals surface area contributed by atoms with Gasteiger partial charge in [-0.2, -0.15) is 4.31 Å². The maximum atomic E-state index is 10.6. The van der Waals surface area contributed by atoms with Crippen LogP contribution in [0.3, 0.4) is 0 Å². The van der Waals surface area contributed by atoms with Gasteiger partial charge in [-0.3, -0.25) is 0 Å². The van der Waals surface area contributed by atoms with Crippen LogP contribution >= 0.6 is 50.4 Å². The lowest BCUT2D eigenvalue weighted by atomic mass is 11.7. The molecule has 3 N–H and O–H groups in total. The quantitative estimate of drug-likeness (QED) is 0.534. The van der Waals surface area contributed by atoms with Crippen molar-refractivity contribution < 1.29 is 32.6 Å². The van der Waals surface area contributed by atoms with Gasteiger partial charge in [-0.15, -0.1) is 0 Å². The number of hydrogen-bond acceptors (Lipinski definition) is 4. The molecular formula is CH3Cl3O7P2. The SMILES string of the molecule is O=P(O)(O)OP(=O)(O)OC(Cl)(Cl)Cl. The molecule has 0 rings (SSSR count). The number of alkyl halides is 3. The molecule has 0 aromatic carbocycles. The average Bonchev–Trinajstić information content (AvgIpc) is 1.43. The highest BCUT2D eigenvalue weighted by Crippen LogP contribution is 2.60. The van der Waals surface area contributed by atoms with E-state index in [0.29, 0.717) is 0 Å². The van der Waals surface area contributed by atoms with Crippen LogP contribution in [-0.2, 0) is 18.0 Å². The first kappa shape index (κ1) is 14.1. The third-order valence-electron chi connectivity index (χ3n) is 0.428. The monoisotopic (exact) mass is 294 g/mol. The molecule has 0 aliphatic carbocycles. The maximum absolute atomic E-state index is 10.6. The maximum Gasteiger partial charge on any atom is 0.484 e. The van der Waals surface area contributed by atoms with Gasteiger partial charge in [0.1, 0.15) is 0 Å².